The summed E-state index contributed by atoms with van der Waals surface area (Å²) in [4.78, 5) is 22.9. The summed E-state index contributed by atoms with van der Waals surface area (Å²) in [6.45, 7) is 3.81. The summed E-state index contributed by atoms with van der Waals surface area (Å²) in [5.74, 6) is -1.60. The summed E-state index contributed by atoms with van der Waals surface area (Å²) in [5, 5.41) is 29.6. The number of carbonyl (C=O) groups excluding carboxylic acids is 1. The lowest BCUT2D eigenvalue weighted by Gasteiger charge is -2.09. The molecule has 136 valence electrons. The second-order valence-corrected chi connectivity index (χ2v) is 6.06. The van der Waals surface area contributed by atoms with Crippen molar-refractivity contribution < 1.29 is 19.8 Å². The zero-order chi connectivity index (χ0) is 19.1. The number of nitrogens with one attached hydrogen (secondary N) is 1. The first-order chi connectivity index (χ1) is 12.4. The SMILES string of the molecule is CC(C)NC(=O)CCc1ccccc1/N=N/c1ccc(O)c(C(=O)O)c1. The fraction of sp³-hybridized carbons (Fsp3) is 0.263. The van der Waals surface area contributed by atoms with Gasteiger partial charge >= 0.3 is 5.97 Å². The summed E-state index contributed by atoms with van der Waals surface area (Å²) in [7, 11) is 0. The molecule has 0 saturated carbocycles. The predicted molar refractivity (Wildman–Crippen MR) is 97.3 cm³/mol. The highest BCUT2D eigenvalue weighted by Gasteiger charge is 2.10. The van der Waals surface area contributed by atoms with Crippen LogP contribution in [0.5, 0.6) is 5.75 Å². The highest BCUT2D eigenvalue weighted by Crippen LogP contribution is 2.27. The monoisotopic (exact) mass is 355 g/mol. The number of amides is 1. The Morgan fingerprint density at radius 3 is 2.54 bits per heavy atom. The Labute approximate surface area is 151 Å². The van der Waals surface area contributed by atoms with Crippen molar-refractivity contribution in [3.8, 4) is 5.75 Å². The van der Waals surface area contributed by atoms with Gasteiger partial charge in [0.15, 0.2) is 0 Å². The van der Waals surface area contributed by atoms with Gasteiger partial charge in [-0.2, -0.15) is 10.2 Å². The molecule has 3 N–H and O–H groups in total. The normalized spacial score (nSPS) is 11.0. The van der Waals surface area contributed by atoms with Gasteiger partial charge in [0.25, 0.3) is 0 Å². The maximum Gasteiger partial charge on any atom is 0.339 e. The molecule has 7 nitrogen and oxygen atoms in total. The largest absolute Gasteiger partial charge is 0.507 e. The van der Waals surface area contributed by atoms with Gasteiger partial charge < -0.3 is 15.5 Å². The van der Waals surface area contributed by atoms with Crippen molar-refractivity contribution in [3.63, 3.8) is 0 Å². The molecule has 0 aliphatic carbocycles. The number of azo groups is 1. The molecule has 0 heterocycles. The van der Waals surface area contributed by atoms with Gasteiger partial charge in [-0.1, -0.05) is 18.2 Å². The molecule has 0 spiro atoms. The van der Waals surface area contributed by atoms with Crippen LogP contribution in [0.25, 0.3) is 0 Å². The van der Waals surface area contributed by atoms with E-state index in [4.69, 9.17) is 5.11 Å². The third kappa shape index (κ3) is 5.41. The zero-order valence-corrected chi connectivity index (χ0v) is 14.6. The maximum absolute atomic E-state index is 11.8. The summed E-state index contributed by atoms with van der Waals surface area (Å²) in [6.07, 6.45) is 0.858. The average Bonchev–Trinajstić information content (AvgIpc) is 2.59. The van der Waals surface area contributed by atoms with Gasteiger partial charge in [-0.3, -0.25) is 4.79 Å². The molecular formula is C19H21N3O4. The maximum atomic E-state index is 11.8. The topological polar surface area (TPSA) is 111 Å². The number of phenols is 1. The molecule has 0 aromatic heterocycles. The van der Waals surface area contributed by atoms with Gasteiger partial charge in [0.1, 0.15) is 11.3 Å². The van der Waals surface area contributed by atoms with Crippen molar-refractivity contribution in [1.29, 1.82) is 0 Å². The number of hydrogen-bond acceptors (Lipinski definition) is 5. The molecule has 0 bridgehead atoms. The lowest BCUT2D eigenvalue weighted by atomic mass is 10.1. The lowest BCUT2D eigenvalue weighted by molar-refractivity contribution is -0.121. The van der Waals surface area contributed by atoms with Gasteiger partial charge in [0.2, 0.25) is 5.91 Å². The molecule has 7 heteroatoms. The Balaban J connectivity index is 2.15. The van der Waals surface area contributed by atoms with Gasteiger partial charge in [-0.15, -0.1) is 0 Å². The van der Waals surface area contributed by atoms with E-state index in [0.29, 0.717) is 24.2 Å². The second kappa shape index (κ2) is 8.75. The van der Waals surface area contributed by atoms with E-state index in [0.717, 1.165) is 5.56 Å². The average molecular weight is 355 g/mol. The fourth-order valence-corrected chi connectivity index (χ4v) is 2.33. The van der Waals surface area contributed by atoms with Gasteiger partial charge in [-0.25, -0.2) is 4.79 Å². The number of carboxylic acid groups (broad SMARTS) is 1. The summed E-state index contributed by atoms with van der Waals surface area (Å²) >= 11 is 0. The van der Waals surface area contributed by atoms with Crippen LogP contribution in [-0.4, -0.2) is 28.1 Å². The van der Waals surface area contributed by atoms with Crippen molar-refractivity contribution in [2.75, 3.05) is 0 Å². The van der Waals surface area contributed by atoms with Crippen molar-refractivity contribution in [1.82, 2.24) is 5.32 Å². The Kier molecular flexibility index (Phi) is 6.43. The summed E-state index contributed by atoms with van der Waals surface area (Å²) in [5.41, 5.74) is 1.55. The Bertz CT molecular complexity index is 831. The van der Waals surface area contributed by atoms with E-state index in [1.807, 2.05) is 32.0 Å². The summed E-state index contributed by atoms with van der Waals surface area (Å²) in [6, 6.07) is 11.4. The molecule has 0 unspecified atom stereocenters. The molecule has 2 rings (SSSR count). The number of rotatable bonds is 7. The number of nitrogens with zero attached hydrogens (tertiary/aromatic N) is 2. The fourth-order valence-electron chi connectivity index (χ4n) is 2.33. The molecule has 0 saturated heterocycles. The first-order valence-electron chi connectivity index (χ1n) is 8.22. The van der Waals surface area contributed by atoms with Crippen LogP contribution in [0.4, 0.5) is 11.4 Å². The number of aryl methyl sites for hydroxylation is 1. The minimum absolute atomic E-state index is 0.0311. The molecule has 2 aromatic carbocycles. The summed E-state index contributed by atoms with van der Waals surface area (Å²) < 4.78 is 0. The Hall–Kier alpha value is -3.22. The van der Waals surface area contributed by atoms with Crippen molar-refractivity contribution >= 4 is 23.3 Å². The van der Waals surface area contributed by atoms with Crippen LogP contribution in [-0.2, 0) is 11.2 Å². The molecule has 0 atom stereocenters. The van der Waals surface area contributed by atoms with E-state index < -0.39 is 5.97 Å². The smallest absolute Gasteiger partial charge is 0.339 e. The van der Waals surface area contributed by atoms with Crippen LogP contribution in [0, 0.1) is 0 Å². The molecule has 0 fully saturated rings. The third-order valence-corrected chi connectivity index (χ3v) is 3.55. The van der Waals surface area contributed by atoms with Gasteiger partial charge in [-0.05, 0) is 50.1 Å². The number of aromatic hydroxyl groups is 1. The Morgan fingerprint density at radius 1 is 1.12 bits per heavy atom. The number of benzene rings is 2. The zero-order valence-electron chi connectivity index (χ0n) is 14.6. The Morgan fingerprint density at radius 2 is 1.85 bits per heavy atom. The first kappa shape index (κ1) is 19.1. The number of carboxylic acids is 1. The van der Waals surface area contributed by atoms with E-state index in [1.165, 1.54) is 18.2 Å². The van der Waals surface area contributed by atoms with E-state index in [1.54, 1.807) is 6.07 Å². The van der Waals surface area contributed by atoms with Gasteiger partial charge in [0.05, 0.1) is 11.4 Å². The van der Waals surface area contributed by atoms with Crippen LogP contribution in [0.1, 0.15) is 36.2 Å². The second-order valence-electron chi connectivity index (χ2n) is 6.06. The van der Waals surface area contributed by atoms with Gasteiger partial charge in [0, 0.05) is 12.5 Å². The van der Waals surface area contributed by atoms with E-state index >= 15 is 0 Å². The quantitative estimate of drug-likeness (QED) is 0.653. The molecule has 0 aliphatic rings. The van der Waals surface area contributed by atoms with Crippen LogP contribution in [0.2, 0.25) is 0 Å². The highest BCUT2D eigenvalue weighted by molar-refractivity contribution is 5.91. The molecule has 2 aromatic rings. The molecule has 1 amide bonds. The van der Waals surface area contributed by atoms with Crippen LogP contribution in [0.15, 0.2) is 52.7 Å². The third-order valence-electron chi connectivity index (χ3n) is 3.55. The first-order valence-corrected chi connectivity index (χ1v) is 8.22. The van der Waals surface area contributed by atoms with Crippen molar-refractivity contribution in [2.45, 2.75) is 32.7 Å². The van der Waals surface area contributed by atoms with E-state index in [2.05, 4.69) is 15.5 Å². The number of aromatic carboxylic acids is 1. The molecule has 0 aliphatic heterocycles. The van der Waals surface area contributed by atoms with Crippen LogP contribution >= 0.6 is 0 Å². The van der Waals surface area contributed by atoms with Crippen LogP contribution in [0.3, 0.4) is 0 Å². The molecule has 0 radical (unpaired) electrons. The number of hydrogen-bond donors (Lipinski definition) is 3. The van der Waals surface area contributed by atoms with Crippen LogP contribution < -0.4 is 5.32 Å². The number of carbonyl (C=O) groups is 2. The van der Waals surface area contributed by atoms with E-state index in [-0.39, 0.29) is 23.3 Å². The molecule has 26 heavy (non-hydrogen) atoms. The predicted octanol–water partition coefficient (Wildman–Crippen LogP) is 3.96. The standard InChI is InChI=1S/C19H21N3O4/c1-12(2)20-18(24)10-7-13-5-3-4-6-16(13)22-21-14-8-9-17(23)15(11-14)19(25)26/h3-6,8-9,11-12,23H,7,10H2,1-2H3,(H,20,24)(H,25,26)/b22-21+. The lowest BCUT2D eigenvalue weighted by Crippen LogP contribution is -2.30. The van der Waals surface area contributed by atoms with E-state index in [9.17, 15) is 14.7 Å². The minimum atomic E-state index is -1.24. The van der Waals surface area contributed by atoms with Crippen molar-refractivity contribution in [2.24, 2.45) is 10.2 Å². The highest BCUT2D eigenvalue weighted by atomic mass is 16.4. The minimum Gasteiger partial charge on any atom is -0.507 e. The van der Waals surface area contributed by atoms with Crippen molar-refractivity contribution in [3.05, 3.63) is 53.6 Å². The molecular weight excluding hydrogens is 334 g/mol.